The fourth-order valence-electron chi connectivity index (χ4n) is 2.28. The summed E-state index contributed by atoms with van der Waals surface area (Å²) in [5.41, 5.74) is 5.50. The van der Waals surface area contributed by atoms with Crippen LogP contribution in [0.25, 0.3) is 0 Å². The third-order valence-electron chi connectivity index (χ3n) is 3.83. The number of amides is 1. The van der Waals surface area contributed by atoms with Gasteiger partial charge in [0.2, 0.25) is 5.91 Å². The lowest BCUT2D eigenvalue weighted by atomic mass is 9.68. The minimum absolute atomic E-state index is 0.0861. The largest absolute Gasteiger partial charge is 0.494 e. The molecule has 1 aliphatic rings. The van der Waals surface area contributed by atoms with Crippen molar-refractivity contribution in [3.05, 3.63) is 28.3 Å². The van der Waals surface area contributed by atoms with Gasteiger partial charge in [-0.05, 0) is 18.9 Å². The van der Waals surface area contributed by atoms with Crippen molar-refractivity contribution in [3.8, 4) is 5.75 Å². The number of carbonyl (C=O) groups is 1. The summed E-state index contributed by atoms with van der Waals surface area (Å²) in [7, 11) is 1.40. The smallest absolute Gasteiger partial charge is 0.273 e. The molecule has 1 aromatic rings. The maximum atomic E-state index is 12.3. The number of nitro groups is 1. The quantitative estimate of drug-likeness (QED) is 0.629. The summed E-state index contributed by atoms with van der Waals surface area (Å²) < 4.78 is 5.08. The predicted octanol–water partition coefficient (Wildman–Crippen LogP) is 1.67. The number of ether oxygens (including phenoxy) is 1. The maximum Gasteiger partial charge on any atom is 0.273 e. The van der Waals surface area contributed by atoms with E-state index in [-0.39, 0.29) is 17.3 Å². The minimum atomic E-state index is -0.512. The number of anilines is 1. The lowest BCUT2D eigenvalue weighted by Gasteiger charge is -2.39. The Balaban J connectivity index is 2.21. The van der Waals surface area contributed by atoms with Gasteiger partial charge >= 0.3 is 0 Å². The molecule has 0 radical (unpaired) electrons. The molecule has 3 N–H and O–H groups in total. The van der Waals surface area contributed by atoms with Gasteiger partial charge in [0.15, 0.2) is 0 Å². The molecule has 0 aliphatic heterocycles. The second-order valence-electron chi connectivity index (χ2n) is 4.93. The molecule has 0 bridgehead atoms. The number of benzene rings is 1. The minimum Gasteiger partial charge on any atom is -0.494 e. The molecule has 1 aliphatic carbocycles. The van der Waals surface area contributed by atoms with Gasteiger partial charge < -0.3 is 15.8 Å². The van der Waals surface area contributed by atoms with Crippen LogP contribution in [0, 0.1) is 15.5 Å². The average Bonchev–Trinajstić information content (AvgIpc) is 2.38. The molecule has 0 unspecified atom stereocenters. The molecule has 2 rings (SSSR count). The Kier molecular flexibility index (Phi) is 3.89. The van der Waals surface area contributed by atoms with E-state index in [1.165, 1.54) is 25.3 Å². The van der Waals surface area contributed by atoms with Crippen LogP contribution in [0.1, 0.15) is 19.3 Å². The zero-order valence-electron chi connectivity index (χ0n) is 11.2. The Bertz CT molecular complexity index is 535. The molecule has 1 fully saturated rings. The number of nitrogens with zero attached hydrogens (tertiary/aromatic N) is 1. The molecular formula is C13H17N3O4. The summed E-state index contributed by atoms with van der Waals surface area (Å²) >= 11 is 0. The monoisotopic (exact) mass is 279 g/mol. The predicted molar refractivity (Wildman–Crippen MR) is 73.6 cm³/mol. The highest BCUT2D eigenvalue weighted by Gasteiger charge is 2.43. The number of hydrogen-bond acceptors (Lipinski definition) is 5. The molecule has 0 heterocycles. The molecule has 1 aromatic carbocycles. The van der Waals surface area contributed by atoms with Crippen molar-refractivity contribution < 1.29 is 14.5 Å². The van der Waals surface area contributed by atoms with Crippen LogP contribution in [-0.4, -0.2) is 24.5 Å². The summed E-state index contributed by atoms with van der Waals surface area (Å²) in [5, 5.41) is 13.5. The van der Waals surface area contributed by atoms with Gasteiger partial charge in [0.1, 0.15) is 5.75 Å². The summed E-state index contributed by atoms with van der Waals surface area (Å²) in [4.78, 5) is 22.5. The first-order chi connectivity index (χ1) is 9.52. The average molecular weight is 279 g/mol. The Hall–Kier alpha value is -2.15. The number of carbonyl (C=O) groups excluding carboxylic acids is 1. The van der Waals surface area contributed by atoms with Crippen LogP contribution >= 0.6 is 0 Å². The first kappa shape index (κ1) is 14.3. The molecule has 108 valence electrons. The SMILES string of the molecule is COc1cc([N+](=O)[O-])ccc1NC(=O)C1(CN)CCC1. The first-order valence-corrected chi connectivity index (χ1v) is 6.36. The number of nitro benzene ring substituents is 1. The normalized spacial score (nSPS) is 16.1. The van der Waals surface area contributed by atoms with E-state index >= 15 is 0 Å². The summed E-state index contributed by atoms with van der Waals surface area (Å²) in [6, 6.07) is 4.08. The molecule has 1 amide bonds. The molecule has 0 spiro atoms. The summed E-state index contributed by atoms with van der Waals surface area (Å²) in [6.07, 6.45) is 2.53. The van der Waals surface area contributed by atoms with E-state index in [1.54, 1.807) is 0 Å². The zero-order valence-corrected chi connectivity index (χ0v) is 11.2. The van der Waals surface area contributed by atoms with Gasteiger partial charge in [0.25, 0.3) is 5.69 Å². The van der Waals surface area contributed by atoms with E-state index in [4.69, 9.17) is 10.5 Å². The van der Waals surface area contributed by atoms with Crippen molar-refractivity contribution in [1.82, 2.24) is 0 Å². The van der Waals surface area contributed by atoms with Gasteiger partial charge in [-0.1, -0.05) is 6.42 Å². The van der Waals surface area contributed by atoms with E-state index in [2.05, 4.69) is 5.32 Å². The number of hydrogen-bond donors (Lipinski definition) is 2. The number of methoxy groups -OCH3 is 1. The lowest BCUT2D eigenvalue weighted by Crippen LogP contribution is -2.47. The van der Waals surface area contributed by atoms with Gasteiger partial charge in [0.05, 0.1) is 29.2 Å². The van der Waals surface area contributed by atoms with Gasteiger partial charge in [-0.15, -0.1) is 0 Å². The highest BCUT2D eigenvalue weighted by atomic mass is 16.6. The standard InChI is InChI=1S/C13H17N3O4/c1-20-11-7-9(16(18)19)3-4-10(11)15-12(17)13(8-14)5-2-6-13/h3-4,7H,2,5-6,8,14H2,1H3,(H,15,17). The van der Waals surface area contributed by atoms with Crippen molar-refractivity contribution in [2.24, 2.45) is 11.1 Å². The van der Waals surface area contributed by atoms with Gasteiger partial charge in [-0.25, -0.2) is 0 Å². The van der Waals surface area contributed by atoms with E-state index in [0.29, 0.717) is 12.2 Å². The van der Waals surface area contributed by atoms with Crippen molar-refractivity contribution in [2.75, 3.05) is 19.0 Å². The molecule has 20 heavy (non-hydrogen) atoms. The first-order valence-electron chi connectivity index (χ1n) is 6.36. The van der Waals surface area contributed by atoms with Crippen molar-refractivity contribution >= 4 is 17.3 Å². The van der Waals surface area contributed by atoms with E-state index in [1.807, 2.05) is 0 Å². The molecule has 7 nitrogen and oxygen atoms in total. The number of rotatable bonds is 5. The van der Waals surface area contributed by atoms with Crippen molar-refractivity contribution in [1.29, 1.82) is 0 Å². The van der Waals surface area contributed by atoms with Crippen molar-refractivity contribution in [2.45, 2.75) is 19.3 Å². The van der Waals surface area contributed by atoms with Crippen molar-refractivity contribution in [3.63, 3.8) is 0 Å². The van der Waals surface area contributed by atoms with Crippen LogP contribution < -0.4 is 15.8 Å². The van der Waals surface area contributed by atoms with Crippen LogP contribution in [0.2, 0.25) is 0 Å². The molecule has 7 heteroatoms. The lowest BCUT2D eigenvalue weighted by molar-refractivity contribution is -0.384. The zero-order chi connectivity index (χ0) is 14.8. The highest BCUT2D eigenvalue weighted by Crippen LogP contribution is 2.41. The maximum absolute atomic E-state index is 12.3. The molecule has 0 aromatic heterocycles. The Labute approximate surface area is 116 Å². The van der Waals surface area contributed by atoms with Gasteiger partial charge in [-0.2, -0.15) is 0 Å². The number of nitrogens with two attached hydrogens (primary N) is 1. The molecule has 0 saturated heterocycles. The Morgan fingerprint density at radius 1 is 1.55 bits per heavy atom. The molecule has 0 atom stereocenters. The Morgan fingerprint density at radius 3 is 2.70 bits per heavy atom. The second-order valence-corrected chi connectivity index (χ2v) is 4.93. The van der Waals surface area contributed by atoms with Crippen LogP contribution in [0.5, 0.6) is 5.75 Å². The van der Waals surface area contributed by atoms with E-state index in [9.17, 15) is 14.9 Å². The topological polar surface area (TPSA) is 107 Å². The molecule has 1 saturated carbocycles. The van der Waals surface area contributed by atoms with Crippen LogP contribution in [0.15, 0.2) is 18.2 Å². The number of nitrogens with one attached hydrogen (secondary N) is 1. The number of non-ortho nitro benzene ring substituents is 1. The molecular weight excluding hydrogens is 262 g/mol. The van der Waals surface area contributed by atoms with Crippen LogP contribution in [0.4, 0.5) is 11.4 Å². The van der Waals surface area contributed by atoms with Crippen LogP contribution in [-0.2, 0) is 4.79 Å². The third-order valence-corrected chi connectivity index (χ3v) is 3.83. The van der Waals surface area contributed by atoms with E-state index in [0.717, 1.165) is 19.3 Å². The second kappa shape index (κ2) is 5.46. The van der Waals surface area contributed by atoms with Gasteiger partial charge in [-0.3, -0.25) is 14.9 Å². The van der Waals surface area contributed by atoms with E-state index < -0.39 is 10.3 Å². The fraction of sp³-hybridized carbons (Fsp3) is 0.462. The fourth-order valence-corrected chi connectivity index (χ4v) is 2.28. The highest BCUT2D eigenvalue weighted by molar-refractivity contribution is 5.97. The summed E-state index contributed by atoms with van der Waals surface area (Å²) in [5.74, 6) is 0.109. The van der Waals surface area contributed by atoms with Gasteiger partial charge in [0, 0.05) is 12.6 Å². The third kappa shape index (κ3) is 2.44. The Morgan fingerprint density at radius 2 is 2.25 bits per heavy atom. The van der Waals surface area contributed by atoms with Crippen LogP contribution in [0.3, 0.4) is 0 Å². The summed E-state index contributed by atoms with van der Waals surface area (Å²) in [6.45, 7) is 0.300.